The van der Waals surface area contributed by atoms with Crippen LogP contribution in [-0.4, -0.2) is 41.2 Å². The average molecular weight is 239 g/mol. The molecule has 0 aromatic carbocycles. The number of aliphatic hydroxyl groups is 1. The van der Waals surface area contributed by atoms with Crippen molar-refractivity contribution in [2.45, 2.75) is 67.0 Å². The molecule has 2 nitrogen and oxygen atoms in total. The van der Waals surface area contributed by atoms with Crippen molar-refractivity contribution in [2.24, 2.45) is 0 Å². The van der Waals surface area contributed by atoms with E-state index >= 15 is 0 Å². The molecular weight excluding hydrogens is 217 g/mol. The highest BCUT2D eigenvalue weighted by atomic mass is 32.2. The Morgan fingerprint density at radius 3 is 2.88 bits per heavy atom. The maximum absolute atomic E-state index is 9.95. The molecule has 4 heteroatoms. The fraction of sp³-hybridized carbons (Fsp3) is 1.00. The quantitative estimate of drug-likeness (QED) is 0.654. The molecule has 3 rings (SSSR count). The molecule has 0 radical (unpaired) electrons. The number of rotatable bonds is 0. The van der Waals surface area contributed by atoms with Crippen molar-refractivity contribution >= 4 is 19.0 Å². The fourth-order valence-corrected chi connectivity index (χ4v) is 5.65. The zero-order chi connectivity index (χ0) is 11.6. The van der Waals surface area contributed by atoms with Gasteiger partial charge in [0.1, 0.15) is 7.28 Å². The molecule has 0 aromatic rings. The van der Waals surface area contributed by atoms with Crippen molar-refractivity contribution in [2.75, 3.05) is 7.05 Å². The molecule has 90 valence electrons. The Labute approximate surface area is 103 Å². The number of nitrogens with zero attached hydrogens (tertiary/aromatic N) is 1. The van der Waals surface area contributed by atoms with E-state index in [9.17, 15) is 5.11 Å². The number of hydrogen-bond acceptors (Lipinski definition) is 3. The maximum atomic E-state index is 9.95. The lowest BCUT2D eigenvalue weighted by Crippen LogP contribution is -2.36. The van der Waals surface area contributed by atoms with Crippen LogP contribution in [0.2, 0.25) is 10.6 Å². The Balaban J connectivity index is 1.80. The van der Waals surface area contributed by atoms with Crippen molar-refractivity contribution in [3.05, 3.63) is 0 Å². The minimum atomic E-state index is -0.262. The molecule has 16 heavy (non-hydrogen) atoms. The second kappa shape index (κ2) is 3.42. The first-order chi connectivity index (χ1) is 7.45. The zero-order valence-electron chi connectivity index (χ0n) is 10.6. The van der Waals surface area contributed by atoms with Crippen molar-refractivity contribution < 1.29 is 5.11 Å². The minimum Gasteiger partial charge on any atom is -0.369 e. The standard InChI is InChI=1S/C12H22BNOS/c1-11-6-4-5-8-9(7-12(11,2)13-11)16-10(15)14(8)3/h8-10,13,15H,4-7H2,1-3H3. The molecule has 2 heterocycles. The number of aliphatic hydroxyl groups excluding tert-OH is 1. The predicted octanol–water partition coefficient (Wildman–Crippen LogP) is 2.06. The molecular formula is C12H22BNOS. The Kier molecular flexibility index (Phi) is 2.45. The molecule has 0 amide bonds. The van der Waals surface area contributed by atoms with Crippen LogP contribution in [0.4, 0.5) is 0 Å². The SMILES string of the molecule is CN1C(O)SC2CC3(C)BC3(C)CCCC21. The first kappa shape index (κ1) is 11.4. The Morgan fingerprint density at radius 1 is 1.38 bits per heavy atom. The van der Waals surface area contributed by atoms with Crippen LogP contribution in [0.15, 0.2) is 0 Å². The highest BCUT2D eigenvalue weighted by molar-refractivity contribution is 8.00. The normalized spacial score (nSPS) is 56.9. The van der Waals surface area contributed by atoms with Gasteiger partial charge in [0.15, 0.2) is 5.56 Å². The van der Waals surface area contributed by atoms with Crippen LogP contribution < -0.4 is 0 Å². The van der Waals surface area contributed by atoms with Gasteiger partial charge in [0.25, 0.3) is 0 Å². The molecule has 5 unspecified atom stereocenters. The molecule has 2 aliphatic heterocycles. The van der Waals surface area contributed by atoms with E-state index in [1.54, 1.807) is 11.8 Å². The lowest BCUT2D eigenvalue weighted by Gasteiger charge is -2.32. The van der Waals surface area contributed by atoms with Gasteiger partial charge >= 0.3 is 0 Å². The van der Waals surface area contributed by atoms with E-state index in [1.807, 2.05) is 0 Å². The molecule has 5 atom stereocenters. The molecule has 3 aliphatic rings. The monoisotopic (exact) mass is 239 g/mol. The van der Waals surface area contributed by atoms with Crippen LogP contribution in [0, 0.1) is 0 Å². The van der Waals surface area contributed by atoms with E-state index in [-0.39, 0.29) is 5.56 Å². The van der Waals surface area contributed by atoms with Crippen LogP contribution in [0.25, 0.3) is 0 Å². The van der Waals surface area contributed by atoms with Crippen molar-refractivity contribution in [3.63, 3.8) is 0 Å². The van der Waals surface area contributed by atoms with Gasteiger partial charge in [-0.2, -0.15) is 0 Å². The van der Waals surface area contributed by atoms with Gasteiger partial charge in [0.05, 0.1) is 0 Å². The molecule has 2 saturated heterocycles. The lowest BCUT2D eigenvalue weighted by molar-refractivity contribution is 0.0721. The van der Waals surface area contributed by atoms with Gasteiger partial charge in [-0.3, -0.25) is 4.90 Å². The van der Waals surface area contributed by atoms with E-state index in [1.165, 1.54) is 33.0 Å². The third-order valence-corrected chi connectivity index (χ3v) is 7.00. The predicted molar refractivity (Wildman–Crippen MR) is 71.3 cm³/mol. The van der Waals surface area contributed by atoms with Crippen LogP contribution in [0.1, 0.15) is 39.5 Å². The van der Waals surface area contributed by atoms with E-state index in [0.29, 0.717) is 21.9 Å². The van der Waals surface area contributed by atoms with Crippen LogP contribution in [0.3, 0.4) is 0 Å². The van der Waals surface area contributed by atoms with Crippen molar-refractivity contribution in [1.82, 2.24) is 4.90 Å². The van der Waals surface area contributed by atoms with E-state index in [2.05, 4.69) is 25.8 Å². The minimum absolute atomic E-state index is 0.262. The third-order valence-electron chi connectivity index (χ3n) is 5.59. The van der Waals surface area contributed by atoms with Crippen LogP contribution in [0.5, 0.6) is 0 Å². The number of hydrogen-bond donors (Lipinski definition) is 1. The third kappa shape index (κ3) is 1.49. The molecule has 0 aromatic heterocycles. The van der Waals surface area contributed by atoms with Crippen molar-refractivity contribution in [1.29, 1.82) is 0 Å². The van der Waals surface area contributed by atoms with E-state index in [0.717, 1.165) is 0 Å². The van der Waals surface area contributed by atoms with Gasteiger partial charge in [0, 0.05) is 11.3 Å². The summed E-state index contributed by atoms with van der Waals surface area (Å²) in [6.45, 7) is 4.92. The van der Waals surface area contributed by atoms with Gasteiger partial charge in [-0.1, -0.05) is 37.3 Å². The van der Waals surface area contributed by atoms with Crippen LogP contribution in [-0.2, 0) is 0 Å². The zero-order valence-corrected chi connectivity index (χ0v) is 11.4. The summed E-state index contributed by atoms with van der Waals surface area (Å²) in [5.74, 6) is 0. The summed E-state index contributed by atoms with van der Waals surface area (Å²) in [6, 6.07) is 0.613. The maximum Gasteiger partial charge on any atom is 0.155 e. The molecule has 1 saturated carbocycles. The summed E-state index contributed by atoms with van der Waals surface area (Å²) >= 11 is 1.79. The van der Waals surface area contributed by atoms with E-state index in [4.69, 9.17) is 0 Å². The van der Waals surface area contributed by atoms with E-state index < -0.39 is 0 Å². The molecule has 1 aliphatic carbocycles. The van der Waals surface area contributed by atoms with Gasteiger partial charge in [0.2, 0.25) is 0 Å². The van der Waals surface area contributed by atoms with Crippen LogP contribution >= 0.6 is 11.8 Å². The number of thioether (sulfide) groups is 1. The molecule has 1 N–H and O–H groups in total. The van der Waals surface area contributed by atoms with Gasteiger partial charge in [-0.15, -0.1) is 11.8 Å². The fourth-order valence-electron chi connectivity index (χ4n) is 4.01. The Bertz CT molecular complexity index is 315. The first-order valence-corrected chi connectivity index (χ1v) is 7.45. The summed E-state index contributed by atoms with van der Waals surface area (Å²) in [7, 11) is 3.49. The molecule has 0 bridgehead atoms. The summed E-state index contributed by atoms with van der Waals surface area (Å²) in [5.41, 5.74) is -0.262. The topological polar surface area (TPSA) is 23.5 Å². The second-order valence-corrected chi connectivity index (χ2v) is 7.93. The highest BCUT2D eigenvalue weighted by Gasteiger charge is 2.63. The summed E-state index contributed by atoms with van der Waals surface area (Å²) in [5, 5.41) is 11.8. The van der Waals surface area contributed by atoms with Gasteiger partial charge in [-0.25, -0.2) is 0 Å². The summed E-state index contributed by atoms with van der Waals surface area (Å²) < 4.78 is 0. The van der Waals surface area contributed by atoms with Gasteiger partial charge < -0.3 is 5.11 Å². The lowest BCUT2D eigenvalue weighted by atomic mass is 9.82. The smallest absolute Gasteiger partial charge is 0.155 e. The largest absolute Gasteiger partial charge is 0.369 e. The summed E-state index contributed by atoms with van der Waals surface area (Å²) in [6.07, 6.45) is 5.31. The average Bonchev–Trinajstić information content (AvgIpc) is 2.59. The first-order valence-electron chi connectivity index (χ1n) is 6.51. The molecule has 3 fully saturated rings. The second-order valence-electron chi connectivity index (χ2n) is 6.63. The number of fused-ring (bicyclic) bond motifs is 2. The Morgan fingerprint density at radius 2 is 2.12 bits per heavy atom. The van der Waals surface area contributed by atoms with Crippen molar-refractivity contribution in [3.8, 4) is 0 Å². The highest BCUT2D eigenvalue weighted by Crippen LogP contribution is 2.74. The Hall–Kier alpha value is 0.335. The molecule has 0 spiro atoms. The summed E-state index contributed by atoms with van der Waals surface area (Å²) in [4.78, 5) is 2.18. The van der Waals surface area contributed by atoms with Gasteiger partial charge in [-0.05, 0) is 19.9 Å².